The first-order chi connectivity index (χ1) is 12.9. The van der Waals surface area contributed by atoms with Crippen molar-refractivity contribution < 1.29 is 14.3 Å². The molecule has 1 aliphatic rings. The van der Waals surface area contributed by atoms with E-state index in [0.29, 0.717) is 5.13 Å². The first-order valence-corrected chi connectivity index (χ1v) is 10.0. The number of nitrogens with zero attached hydrogens (tertiary/aromatic N) is 1. The molecule has 0 spiro atoms. The van der Waals surface area contributed by atoms with Crippen LogP contribution >= 0.6 is 11.3 Å². The molecule has 0 saturated heterocycles. The zero-order valence-electron chi connectivity index (χ0n) is 15.9. The summed E-state index contributed by atoms with van der Waals surface area (Å²) < 4.78 is 5.63. The maximum Gasteiger partial charge on any atom is 0.226 e. The lowest BCUT2D eigenvalue weighted by Crippen LogP contribution is -2.27. The summed E-state index contributed by atoms with van der Waals surface area (Å²) in [5, 5.41) is 6.30. The van der Waals surface area contributed by atoms with E-state index < -0.39 is 0 Å². The van der Waals surface area contributed by atoms with Gasteiger partial charge in [0.05, 0.1) is 18.3 Å². The third kappa shape index (κ3) is 5.07. The maximum absolute atomic E-state index is 12.2. The number of hydrogen-bond donors (Lipinski definition) is 2. The lowest BCUT2D eigenvalue weighted by atomic mass is 10.00. The van der Waals surface area contributed by atoms with E-state index in [1.165, 1.54) is 16.9 Å². The van der Waals surface area contributed by atoms with E-state index in [4.69, 9.17) is 4.74 Å². The molecule has 6 nitrogen and oxygen atoms in total. The van der Waals surface area contributed by atoms with Crippen molar-refractivity contribution in [1.29, 1.82) is 0 Å². The monoisotopic (exact) mass is 387 g/mol. The molecule has 0 fully saturated rings. The molecule has 1 aromatic heterocycles. The molecule has 0 aliphatic carbocycles. The topological polar surface area (TPSA) is 80.3 Å². The van der Waals surface area contributed by atoms with Gasteiger partial charge in [-0.25, -0.2) is 4.98 Å². The van der Waals surface area contributed by atoms with Crippen molar-refractivity contribution in [1.82, 2.24) is 10.3 Å². The number of aromatic nitrogens is 1. The van der Waals surface area contributed by atoms with Crippen LogP contribution in [-0.2, 0) is 16.0 Å². The second-order valence-electron chi connectivity index (χ2n) is 6.82. The van der Waals surface area contributed by atoms with Gasteiger partial charge in [0.1, 0.15) is 5.75 Å². The molecule has 0 bridgehead atoms. The summed E-state index contributed by atoms with van der Waals surface area (Å²) in [6.45, 7) is 6.58. The predicted molar refractivity (Wildman–Crippen MR) is 106 cm³/mol. The Kier molecular flexibility index (Phi) is 6.11. The van der Waals surface area contributed by atoms with Gasteiger partial charge >= 0.3 is 0 Å². The van der Waals surface area contributed by atoms with E-state index in [9.17, 15) is 9.59 Å². The summed E-state index contributed by atoms with van der Waals surface area (Å²) in [7, 11) is 0. The normalized spacial score (nSPS) is 14.0. The molecule has 144 valence electrons. The number of carbonyl (C=O) groups excluding carboxylic acids is 2. The fourth-order valence-corrected chi connectivity index (χ4v) is 3.81. The van der Waals surface area contributed by atoms with Crippen LogP contribution in [0.3, 0.4) is 0 Å². The number of benzene rings is 1. The van der Waals surface area contributed by atoms with Gasteiger partial charge in [0.15, 0.2) is 5.13 Å². The molecular formula is C20H25N3O3S. The average molecular weight is 388 g/mol. The first-order valence-electron chi connectivity index (χ1n) is 9.21. The molecule has 2 heterocycles. The molecule has 1 aliphatic heterocycles. The number of anilines is 1. The van der Waals surface area contributed by atoms with Gasteiger partial charge in [-0.05, 0) is 50.8 Å². The summed E-state index contributed by atoms with van der Waals surface area (Å²) in [5.41, 5.74) is 3.15. The quantitative estimate of drug-likeness (QED) is 0.792. The number of carbonyl (C=O) groups is 2. The molecule has 3 rings (SSSR count). The van der Waals surface area contributed by atoms with Crippen molar-refractivity contribution in [2.75, 3.05) is 11.9 Å². The van der Waals surface area contributed by atoms with E-state index in [1.807, 2.05) is 32.9 Å². The summed E-state index contributed by atoms with van der Waals surface area (Å²) in [6, 6.07) is 5.93. The molecule has 27 heavy (non-hydrogen) atoms. The molecule has 7 heteroatoms. The number of ether oxygens (including phenoxy) is 1. The standard InChI is InChI=1S/C20H25N3O3S/c1-12-14(3)27-20(22-12)23-19(25)9-8-18(24)21-13(2)15-6-7-17-16(11-15)5-4-10-26-17/h6-7,11,13H,4-5,8-10H2,1-3H3,(H,21,24)(H,22,23,25)/t13-/m1/s1. The van der Waals surface area contributed by atoms with Crippen molar-refractivity contribution in [2.45, 2.75) is 52.5 Å². The number of aryl methyl sites for hydroxylation is 3. The number of hydrogen-bond acceptors (Lipinski definition) is 5. The summed E-state index contributed by atoms with van der Waals surface area (Å²) >= 11 is 1.44. The van der Waals surface area contributed by atoms with E-state index in [0.717, 1.165) is 41.3 Å². The number of fused-ring (bicyclic) bond motifs is 1. The van der Waals surface area contributed by atoms with Crippen LogP contribution in [0.25, 0.3) is 0 Å². The van der Waals surface area contributed by atoms with Gasteiger partial charge in [0.25, 0.3) is 0 Å². The molecule has 0 saturated carbocycles. The number of amides is 2. The predicted octanol–water partition coefficient (Wildman–Crippen LogP) is 3.68. The summed E-state index contributed by atoms with van der Waals surface area (Å²) in [4.78, 5) is 29.6. The Hall–Kier alpha value is -2.41. The van der Waals surface area contributed by atoms with Crippen LogP contribution < -0.4 is 15.4 Å². The van der Waals surface area contributed by atoms with Crippen molar-refractivity contribution in [3.05, 3.63) is 39.9 Å². The second-order valence-corrected chi connectivity index (χ2v) is 8.02. The number of nitrogens with one attached hydrogen (secondary N) is 2. The van der Waals surface area contributed by atoms with E-state index in [2.05, 4.69) is 21.7 Å². The Bertz CT molecular complexity index is 827. The lowest BCUT2D eigenvalue weighted by molar-refractivity contribution is -0.124. The van der Waals surface area contributed by atoms with Crippen LogP contribution in [-0.4, -0.2) is 23.4 Å². The van der Waals surface area contributed by atoms with Gasteiger partial charge in [0, 0.05) is 17.7 Å². The van der Waals surface area contributed by atoms with Crippen molar-refractivity contribution in [2.24, 2.45) is 0 Å². The Balaban J connectivity index is 1.47. The Morgan fingerprint density at radius 3 is 2.78 bits per heavy atom. The zero-order chi connectivity index (χ0) is 19.4. The Morgan fingerprint density at radius 2 is 2.04 bits per heavy atom. The molecule has 2 amide bonds. The van der Waals surface area contributed by atoms with Crippen LogP contribution in [0.4, 0.5) is 5.13 Å². The smallest absolute Gasteiger partial charge is 0.226 e. The molecule has 2 aromatic rings. The largest absolute Gasteiger partial charge is 0.493 e. The fourth-order valence-electron chi connectivity index (χ4n) is 2.98. The number of thiazole rings is 1. The van der Waals surface area contributed by atoms with E-state index in [-0.39, 0.29) is 30.7 Å². The maximum atomic E-state index is 12.2. The molecular weight excluding hydrogens is 362 g/mol. The summed E-state index contributed by atoms with van der Waals surface area (Å²) in [5.74, 6) is 0.600. The van der Waals surface area contributed by atoms with Crippen molar-refractivity contribution in [3.63, 3.8) is 0 Å². The van der Waals surface area contributed by atoms with Crippen LogP contribution in [0.15, 0.2) is 18.2 Å². The van der Waals surface area contributed by atoms with Gasteiger partial charge in [0.2, 0.25) is 11.8 Å². The molecule has 0 unspecified atom stereocenters. The van der Waals surface area contributed by atoms with E-state index in [1.54, 1.807) is 0 Å². The fraction of sp³-hybridized carbons (Fsp3) is 0.450. The average Bonchev–Trinajstić information content (AvgIpc) is 2.96. The van der Waals surface area contributed by atoms with Gasteiger partial charge in [-0.3, -0.25) is 9.59 Å². The third-order valence-corrected chi connectivity index (χ3v) is 5.65. The Labute approximate surface area is 163 Å². The highest BCUT2D eigenvalue weighted by Gasteiger charge is 2.16. The Morgan fingerprint density at radius 1 is 1.26 bits per heavy atom. The van der Waals surface area contributed by atoms with Crippen LogP contribution in [0, 0.1) is 13.8 Å². The minimum Gasteiger partial charge on any atom is -0.493 e. The highest BCUT2D eigenvalue weighted by molar-refractivity contribution is 7.15. The molecule has 0 radical (unpaired) electrons. The molecule has 1 aromatic carbocycles. The van der Waals surface area contributed by atoms with Crippen molar-refractivity contribution in [3.8, 4) is 5.75 Å². The second kappa shape index (κ2) is 8.52. The minimum atomic E-state index is -0.197. The molecule has 1 atom stereocenters. The van der Waals surface area contributed by atoms with Crippen LogP contribution in [0.1, 0.15) is 53.9 Å². The van der Waals surface area contributed by atoms with Crippen LogP contribution in [0.5, 0.6) is 5.75 Å². The van der Waals surface area contributed by atoms with Gasteiger partial charge in [-0.2, -0.15) is 0 Å². The van der Waals surface area contributed by atoms with Gasteiger partial charge in [-0.15, -0.1) is 11.3 Å². The summed E-state index contributed by atoms with van der Waals surface area (Å²) in [6.07, 6.45) is 2.30. The van der Waals surface area contributed by atoms with Crippen LogP contribution in [0.2, 0.25) is 0 Å². The van der Waals surface area contributed by atoms with E-state index >= 15 is 0 Å². The van der Waals surface area contributed by atoms with Gasteiger partial charge in [-0.1, -0.05) is 12.1 Å². The van der Waals surface area contributed by atoms with Gasteiger partial charge < -0.3 is 15.4 Å². The zero-order valence-corrected chi connectivity index (χ0v) is 16.7. The number of rotatable bonds is 6. The SMILES string of the molecule is Cc1nc(NC(=O)CCC(=O)N[C@H](C)c2ccc3c(c2)CCCO3)sc1C. The highest BCUT2D eigenvalue weighted by Crippen LogP contribution is 2.27. The lowest BCUT2D eigenvalue weighted by Gasteiger charge is -2.20. The van der Waals surface area contributed by atoms with Crippen molar-refractivity contribution >= 4 is 28.3 Å². The molecule has 2 N–H and O–H groups in total. The third-order valence-electron chi connectivity index (χ3n) is 4.66. The first kappa shape index (κ1) is 19.4. The minimum absolute atomic E-state index is 0.114. The highest BCUT2D eigenvalue weighted by atomic mass is 32.1.